The Morgan fingerprint density at radius 1 is 0.788 bits per heavy atom. The molecule has 0 unspecified atom stereocenters. The van der Waals surface area contributed by atoms with E-state index in [1.165, 1.54) is 13.8 Å². The fourth-order valence-electron chi connectivity index (χ4n) is 11.3. The smallest absolute Gasteiger partial charge is 0.338 e. The molecule has 3 fully saturated rings. The summed E-state index contributed by atoms with van der Waals surface area (Å²) in [6.45, 7) is 13.3. The van der Waals surface area contributed by atoms with Crippen LogP contribution in [-0.4, -0.2) is 114 Å². The van der Waals surface area contributed by atoms with E-state index in [4.69, 9.17) is 33.2 Å². The van der Waals surface area contributed by atoms with Crippen molar-refractivity contribution in [2.24, 2.45) is 16.7 Å². The zero-order chi connectivity index (χ0) is 47.8. The predicted molar refractivity (Wildman–Crippen MR) is 238 cm³/mol. The molecule has 2 saturated carbocycles. The number of ether oxygens (including phenoxy) is 7. The second-order valence-electron chi connectivity index (χ2n) is 18.4. The van der Waals surface area contributed by atoms with Crippen molar-refractivity contribution in [3.05, 3.63) is 119 Å². The molecule has 3 aromatic rings. The van der Waals surface area contributed by atoms with Gasteiger partial charge in [-0.1, -0.05) is 87.5 Å². The van der Waals surface area contributed by atoms with Crippen molar-refractivity contribution in [1.29, 1.82) is 0 Å². The standard InChI is InChI=1S/C51H61NO14/c1-9-60-36-26-37-50(28-62-37,66-31(5)54)42-44(65-46(57)34-24-18-13-19-25-34)51(59)27-35(29(3)38(48(51,6)7)41(63-30(4)53)43(61-10-2)49(36,42)8)64-47(58)40(55)39(32-20-14-11-15-21-32)52-45(56)33-22-16-12-17-23-33/h11-25,35-37,39-44,55,59H,9-10,26-28H2,1-8H3,(H,52,56)/t35-,36-,37+,39-,40+,41+,42-,43-,44-,49+,50-,51+/m0/s1. The summed E-state index contributed by atoms with van der Waals surface area (Å²) in [4.78, 5) is 69.5. The molecule has 1 amide bonds. The van der Waals surface area contributed by atoms with Crippen molar-refractivity contribution in [2.45, 2.75) is 128 Å². The van der Waals surface area contributed by atoms with Crippen LogP contribution in [-0.2, 0) is 47.5 Å². The highest BCUT2D eigenvalue weighted by atomic mass is 16.6. The third-order valence-electron chi connectivity index (χ3n) is 14.4. The Morgan fingerprint density at radius 3 is 1.92 bits per heavy atom. The minimum Gasteiger partial charge on any atom is -0.456 e. The second kappa shape index (κ2) is 19.0. The van der Waals surface area contributed by atoms with Gasteiger partial charge in [0.2, 0.25) is 0 Å². The first-order valence-electron chi connectivity index (χ1n) is 22.6. The van der Waals surface area contributed by atoms with Crippen molar-refractivity contribution < 1.29 is 67.3 Å². The lowest BCUT2D eigenvalue weighted by molar-refractivity contribution is -0.370. The number of aliphatic hydroxyl groups excluding tert-OH is 1. The molecule has 7 rings (SSSR count). The Hall–Kier alpha value is -5.45. The first-order valence-corrected chi connectivity index (χ1v) is 22.6. The maximum absolute atomic E-state index is 14.6. The number of hydrogen-bond acceptors (Lipinski definition) is 14. The summed E-state index contributed by atoms with van der Waals surface area (Å²) in [5.74, 6) is -5.04. The third-order valence-corrected chi connectivity index (χ3v) is 14.4. The molecule has 15 heteroatoms. The summed E-state index contributed by atoms with van der Waals surface area (Å²) in [5.41, 5.74) is -5.12. The average molecular weight is 912 g/mol. The zero-order valence-corrected chi connectivity index (χ0v) is 38.7. The van der Waals surface area contributed by atoms with Crippen LogP contribution in [0.15, 0.2) is 102 Å². The molecule has 0 spiro atoms. The molecular formula is C51H61NO14. The Kier molecular flexibility index (Phi) is 14.0. The van der Waals surface area contributed by atoms with Gasteiger partial charge in [0.1, 0.15) is 30.0 Å². The summed E-state index contributed by atoms with van der Waals surface area (Å²) in [6, 6.07) is 23.7. The summed E-state index contributed by atoms with van der Waals surface area (Å²) in [5, 5.41) is 28.8. The van der Waals surface area contributed by atoms with E-state index in [9.17, 15) is 34.2 Å². The Morgan fingerprint density at radius 2 is 1.38 bits per heavy atom. The summed E-state index contributed by atoms with van der Waals surface area (Å²) in [7, 11) is 0. The van der Waals surface area contributed by atoms with Crippen LogP contribution in [0.3, 0.4) is 0 Å². The van der Waals surface area contributed by atoms with E-state index < -0.39 is 113 Å². The summed E-state index contributed by atoms with van der Waals surface area (Å²) < 4.78 is 45.2. The van der Waals surface area contributed by atoms with Gasteiger partial charge in [0.05, 0.1) is 30.2 Å². The van der Waals surface area contributed by atoms with Crippen LogP contribution in [0.2, 0.25) is 0 Å². The molecule has 1 heterocycles. The number of amides is 1. The fraction of sp³-hybridized carbons (Fsp3) is 0.510. The van der Waals surface area contributed by atoms with Gasteiger partial charge in [-0.15, -0.1) is 0 Å². The molecule has 15 nitrogen and oxygen atoms in total. The molecular weight excluding hydrogens is 851 g/mol. The lowest BCUT2D eigenvalue weighted by Gasteiger charge is -2.69. The molecule has 12 atom stereocenters. The number of aliphatic hydroxyl groups is 2. The Balaban J connectivity index is 1.44. The number of rotatable bonds is 14. The lowest BCUT2D eigenvalue weighted by Crippen LogP contribution is -2.82. The van der Waals surface area contributed by atoms with Gasteiger partial charge < -0.3 is 48.7 Å². The highest BCUT2D eigenvalue weighted by molar-refractivity contribution is 5.95. The maximum Gasteiger partial charge on any atom is 0.338 e. The average Bonchev–Trinajstić information content (AvgIpc) is 3.28. The van der Waals surface area contributed by atoms with E-state index in [0.717, 1.165) is 0 Å². The monoisotopic (exact) mass is 911 g/mol. The number of hydrogen-bond donors (Lipinski definition) is 3. The van der Waals surface area contributed by atoms with Gasteiger partial charge >= 0.3 is 23.9 Å². The second-order valence-corrected chi connectivity index (χ2v) is 18.4. The number of esters is 4. The maximum atomic E-state index is 14.6. The van der Waals surface area contributed by atoms with Crippen molar-refractivity contribution in [2.75, 3.05) is 19.8 Å². The Labute approximate surface area is 385 Å². The van der Waals surface area contributed by atoms with Crippen molar-refractivity contribution in [3.63, 3.8) is 0 Å². The number of nitrogens with one attached hydrogen (secondary N) is 1. The van der Waals surface area contributed by atoms with Crippen molar-refractivity contribution in [3.8, 4) is 0 Å². The number of carbonyl (C=O) groups excluding carboxylic acids is 5. The highest BCUT2D eigenvalue weighted by Crippen LogP contribution is 2.66. The predicted octanol–water partition coefficient (Wildman–Crippen LogP) is 5.62. The molecule has 3 N–H and O–H groups in total. The van der Waals surface area contributed by atoms with E-state index >= 15 is 0 Å². The summed E-state index contributed by atoms with van der Waals surface area (Å²) in [6.07, 6.45) is -9.17. The molecule has 1 aliphatic heterocycles. The first kappa shape index (κ1) is 48.5. The van der Waals surface area contributed by atoms with E-state index in [1.54, 1.807) is 119 Å². The van der Waals surface area contributed by atoms with Gasteiger partial charge in [-0.3, -0.25) is 14.4 Å². The topological polar surface area (TPSA) is 202 Å². The van der Waals surface area contributed by atoms with Crippen LogP contribution in [0, 0.1) is 16.7 Å². The van der Waals surface area contributed by atoms with Gasteiger partial charge in [-0.2, -0.15) is 0 Å². The van der Waals surface area contributed by atoms with Crippen LogP contribution in [0.1, 0.15) is 101 Å². The van der Waals surface area contributed by atoms with E-state index in [1.807, 2.05) is 13.8 Å². The molecule has 0 aromatic heterocycles. The number of carbonyl (C=O) groups is 5. The zero-order valence-electron chi connectivity index (χ0n) is 38.7. The quantitative estimate of drug-likeness (QED) is 0.102. The molecule has 1 saturated heterocycles. The van der Waals surface area contributed by atoms with Crippen LogP contribution in [0.25, 0.3) is 0 Å². The van der Waals surface area contributed by atoms with Crippen LogP contribution < -0.4 is 5.32 Å². The SMILES string of the molecule is CCO[C@H]1C[C@H]2OC[C@@]2(OC(C)=O)[C@H]2[C@H](OC(=O)c3ccccc3)[C@]3(O)C[C@H](OC(=O)[C@H](O)[C@@H](NC(=O)c4ccccc4)c4ccccc4)C(C)=C([C@@H](OC(C)=O)[C@H](OCC)[C@]12C)C3(C)C. The first-order chi connectivity index (χ1) is 31.3. The number of fused-ring (bicyclic) bond motifs is 5. The third kappa shape index (κ3) is 8.44. The van der Waals surface area contributed by atoms with Crippen molar-refractivity contribution in [1.82, 2.24) is 5.32 Å². The summed E-state index contributed by atoms with van der Waals surface area (Å²) >= 11 is 0. The fourth-order valence-corrected chi connectivity index (χ4v) is 11.3. The largest absolute Gasteiger partial charge is 0.456 e. The van der Waals surface area contributed by atoms with Crippen LogP contribution in [0.5, 0.6) is 0 Å². The number of benzene rings is 3. The molecule has 4 aliphatic rings. The van der Waals surface area contributed by atoms with Gasteiger partial charge in [0.15, 0.2) is 17.8 Å². The molecule has 0 radical (unpaired) electrons. The highest BCUT2D eigenvalue weighted by Gasteiger charge is 2.78. The van der Waals surface area contributed by atoms with Crippen LogP contribution >= 0.6 is 0 Å². The van der Waals surface area contributed by atoms with Crippen molar-refractivity contribution >= 4 is 29.8 Å². The Bertz CT molecular complexity index is 2300. The van der Waals surface area contributed by atoms with E-state index in [0.29, 0.717) is 22.3 Å². The minimum atomic E-state index is -2.24. The lowest BCUT2D eigenvalue weighted by atomic mass is 9.44. The molecule has 3 aromatic carbocycles. The van der Waals surface area contributed by atoms with Gasteiger partial charge in [-0.25, -0.2) is 9.59 Å². The minimum absolute atomic E-state index is 0.0930. The molecule has 354 valence electrons. The molecule has 2 bridgehead atoms. The van der Waals surface area contributed by atoms with E-state index in [2.05, 4.69) is 5.32 Å². The van der Waals surface area contributed by atoms with E-state index in [-0.39, 0.29) is 31.8 Å². The van der Waals surface area contributed by atoms with Gasteiger partial charge in [0.25, 0.3) is 5.91 Å². The molecule has 66 heavy (non-hydrogen) atoms. The normalized spacial score (nSPS) is 31.8. The van der Waals surface area contributed by atoms with Gasteiger partial charge in [-0.05, 0) is 61.7 Å². The van der Waals surface area contributed by atoms with Gasteiger partial charge in [0, 0.05) is 56.3 Å². The molecule has 3 aliphatic carbocycles. The van der Waals surface area contributed by atoms with Crippen LogP contribution in [0.4, 0.5) is 0 Å².